The quantitative estimate of drug-likeness (QED) is 0.0252. The molecule has 7 rings (SSSR count). The lowest BCUT2D eigenvalue weighted by Crippen LogP contribution is -2.25. The Kier molecular flexibility index (Phi) is 22.1. The van der Waals surface area contributed by atoms with Crippen LogP contribution in [0.25, 0.3) is 70.2 Å². The van der Waals surface area contributed by atoms with Gasteiger partial charge in [-0.15, -0.1) is 0 Å². The number of fused-ring (bicyclic) bond motifs is 2. The predicted octanol–water partition coefficient (Wildman–Crippen LogP) is 20.6. The molecule has 0 aliphatic heterocycles. The molecule has 0 fully saturated rings. The smallest absolute Gasteiger partial charge is 0.0366 e. The molecular formula is C70H84N2. The van der Waals surface area contributed by atoms with Crippen LogP contribution in [0.15, 0.2) is 146 Å². The van der Waals surface area contributed by atoms with Gasteiger partial charge in [-0.2, -0.15) is 0 Å². The molecule has 0 N–H and O–H groups in total. The third kappa shape index (κ3) is 16.3. The molecule has 2 nitrogen and oxygen atoms in total. The van der Waals surface area contributed by atoms with Crippen LogP contribution in [-0.2, 0) is 0 Å². The molecule has 0 aliphatic carbocycles. The lowest BCUT2D eigenvalue weighted by molar-refractivity contribution is 0.609. The SMILES string of the molecule is CCCCCCN(CCCCCC)c1ccc(C=Cc2ccc3c(C=Cc4ccccc4)c4cc(C=Cc5ccc(N(CCCCCC)CCCCCC)cc5)ccc4c(C=Cc4ccccc4)c3c2)cc1. The van der Waals surface area contributed by atoms with E-state index in [0.717, 1.165) is 26.2 Å². The van der Waals surface area contributed by atoms with Crippen LogP contribution < -0.4 is 9.80 Å². The number of benzene rings is 7. The van der Waals surface area contributed by atoms with Crippen molar-refractivity contribution in [1.82, 2.24) is 0 Å². The minimum atomic E-state index is 1.14. The fourth-order valence-corrected chi connectivity index (χ4v) is 10.0. The molecule has 0 spiro atoms. The Bertz CT molecular complexity index is 2560. The summed E-state index contributed by atoms with van der Waals surface area (Å²) in [7, 11) is 0. The topological polar surface area (TPSA) is 6.48 Å². The molecule has 0 bridgehead atoms. The monoisotopic (exact) mass is 953 g/mol. The summed E-state index contributed by atoms with van der Waals surface area (Å²) in [5.41, 5.74) is 12.4. The van der Waals surface area contributed by atoms with Crippen LogP contribution in [0.1, 0.15) is 175 Å². The van der Waals surface area contributed by atoms with Crippen LogP contribution in [0.2, 0.25) is 0 Å². The average molecular weight is 953 g/mol. The minimum Gasteiger partial charge on any atom is -0.372 e. The highest BCUT2D eigenvalue weighted by molar-refractivity contribution is 6.15. The van der Waals surface area contributed by atoms with Gasteiger partial charge in [0.05, 0.1) is 0 Å². The number of unbranched alkanes of at least 4 members (excludes halogenated alkanes) is 12. The fraction of sp³-hybridized carbons (Fsp3) is 0.343. The molecule has 0 amide bonds. The molecule has 0 radical (unpaired) electrons. The molecule has 72 heavy (non-hydrogen) atoms. The summed E-state index contributed by atoms with van der Waals surface area (Å²) in [4.78, 5) is 5.25. The van der Waals surface area contributed by atoms with E-state index in [-0.39, 0.29) is 0 Å². The normalized spacial score (nSPS) is 11.9. The van der Waals surface area contributed by atoms with E-state index >= 15 is 0 Å². The van der Waals surface area contributed by atoms with E-state index in [4.69, 9.17) is 0 Å². The molecule has 0 aliphatic rings. The second kappa shape index (κ2) is 29.8. The third-order valence-corrected chi connectivity index (χ3v) is 14.3. The summed E-state index contributed by atoms with van der Waals surface area (Å²) in [6.45, 7) is 13.7. The number of rotatable bonds is 30. The van der Waals surface area contributed by atoms with Crippen LogP contribution in [0.4, 0.5) is 11.4 Å². The Morgan fingerprint density at radius 3 is 0.889 bits per heavy atom. The van der Waals surface area contributed by atoms with Crippen molar-refractivity contribution in [2.45, 2.75) is 130 Å². The number of hydrogen-bond donors (Lipinski definition) is 0. The van der Waals surface area contributed by atoms with Crippen LogP contribution >= 0.6 is 0 Å². The van der Waals surface area contributed by atoms with Crippen LogP contribution in [0.3, 0.4) is 0 Å². The summed E-state index contributed by atoms with van der Waals surface area (Å²) in [6, 6.07) is 54.0. The second-order valence-electron chi connectivity index (χ2n) is 20.0. The van der Waals surface area contributed by atoms with Crippen molar-refractivity contribution >= 4 is 81.5 Å². The zero-order valence-electron chi connectivity index (χ0n) is 44.5. The average Bonchev–Trinajstić information content (AvgIpc) is 3.42. The van der Waals surface area contributed by atoms with Crippen LogP contribution in [-0.4, -0.2) is 26.2 Å². The molecule has 0 heterocycles. The Hall–Kier alpha value is -6.38. The standard InChI is InChI=1S/C70H84N2/c1-5-9-13-23-51-71(52-24-14-10-6-2)63-43-35-59(36-44-63)31-33-61-41-49-67-66(48-40-58-29-21-18-22-30-58)70-56-62(42-50-68(70)65(69(67)55-61)47-39-57-27-19-17-20-28-57)34-32-60-37-45-64(46-38-60)72(53-25-15-11-7-3)54-26-16-12-8-4/h17-22,27-50,55-56H,5-16,23-26,51-54H2,1-4H3. The first-order valence-corrected chi connectivity index (χ1v) is 28.1. The van der Waals surface area contributed by atoms with Gasteiger partial charge in [0.2, 0.25) is 0 Å². The van der Waals surface area contributed by atoms with Crippen molar-refractivity contribution in [3.63, 3.8) is 0 Å². The van der Waals surface area contributed by atoms with E-state index in [1.54, 1.807) is 0 Å². The van der Waals surface area contributed by atoms with Gasteiger partial charge in [0.15, 0.2) is 0 Å². The third-order valence-electron chi connectivity index (χ3n) is 14.3. The van der Waals surface area contributed by atoms with Crippen molar-refractivity contribution in [3.8, 4) is 0 Å². The van der Waals surface area contributed by atoms with E-state index in [0.29, 0.717) is 0 Å². The van der Waals surface area contributed by atoms with Gasteiger partial charge >= 0.3 is 0 Å². The molecule has 0 atom stereocenters. The Labute approximate surface area is 435 Å². The highest BCUT2D eigenvalue weighted by Gasteiger charge is 2.14. The van der Waals surface area contributed by atoms with Gasteiger partial charge in [0.25, 0.3) is 0 Å². The van der Waals surface area contributed by atoms with E-state index < -0.39 is 0 Å². The summed E-state index contributed by atoms with van der Waals surface area (Å²) in [6.07, 6.45) is 39.0. The summed E-state index contributed by atoms with van der Waals surface area (Å²) >= 11 is 0. The molecule has 2 heteroatoms. The highest BCUT2D eigenvalue weighted by Crippen LogP contribution is 2.37. The van der Waals surface area contributed by atoms with E-state index in [1.807, 2.05) is 0 Å². The van der Waals surface area contributed by atoms with Gasteiger partial charge in [0, 0.05) is 37.6 Å². The largest absolute Gasteiger partial charge is 0.372 e. The summed E-state index contributed by atoms with van der Waals surface area (Å²) in [5.74, 6) is 0. The Balaban J connectivity index is 1.22. The second-order valence-corrected chi connectivity index (χ2v) is 20.0. The zero-order chi connectivity index (χ0) is 50.0. The molecule has 7 aromatic rings. The maximum absolute atomic E-state index is 2.62. The van der Waals surface area contributed by atoms with Gasteiger partial charge in [-0.25, -0.2) is 0 Å². The van der Waals surface area contributed by atoms with Crippen molar-refractivity contribution in [3.05, 3.63) is 190 Å². The lowest BCUT2D eigenvalue weighted by atomic mass is 9.88. The zero-order valence-corrected chi connectivity index (χ0v) is 44.5. The van der Waals surface area contributed by atoms with Gasteiger partial charge in [-0.1, -0.05) is 263 Å². The molecule has 0 unspecified atom stereocenters. The summed E-state index contributed by atoms with van der Waals surface area (Å²) in [5, 5.41) is 4.98. The molecule has 0 saturated carbocycles. The maximum Gasteiger partial charge on any atom is 0.0366 e. The van der Waals surface area contributed by atoms with Crippen molar-refractivity contribution in [2.24, 2.45) is 0 Å². The molecule has 7 aromatic carbocycles. The first kappa shape index (κ1) is 53.4. The fourth-order valence-electron chi connectivity index (χ4n) is 10.0. The van der Waals surface area contributed by atoms with E-state index in [1.165, 1.54) is 180 Å². The Morgan fingerprint density at radius 1 is 0.264 bits per heavy atom. The van der Waals surface area contributed by atoms with Crippen LogP contribution in [0.5, 0.6) is 0 Å². The van der Waals surface area contributed by atoms with Crippen LogP contribution in [0, 0.1) is 0 Å². The van der Waals surface area contributed by atoms with Gasteiger partial charge < -0.3 is 9.80 Å². The van der Waals surface area contributed by atoms with Gasteiger partial charge in [0.1, 0.15) is 0 Å². The molecular weight excluding hydrogens is 869 g/mol. The van der Waals surface area contributed by atoms with Crippen molar-refractivity contribution in [1.29, 1.82) is 0 Å². The number of hydrogen-bond acceptors (Lipinski definition) is 2. The lowest BCUT2D eigenvalue weighted by Gasteiger charge is -2.25. The van der Waals surface area contributed by atoms with Gasteiger partial charge in [-0.05, 0) is 128 Å². The first-order chi connectivity index (χ1) is 35.6. The number of nitrogens with zero attached hydrogens (tertiary/aromatic N) is 2. The van der Waals surface area contributed by atoms with Crippen molar-refractivity contribution in [2.75, 3.05) is 36.0 Å². The van der Waals surface area contributed by atoms with E-state index in [9.17, 15) is 0 Å². The minimum absolute atomic E-state index is 1.14. The number of anilines is 2. The predicted molar refractivity (Wildman–Crippen MR) is 324 cm³/mol. The Morgan fingerprint density at radius 2 is 0.556 bits per heavy atom. The first-order valence-electron chi connectivity index (χ1n) is 28.1. The summed E-state index contributed by atoms with van der Waals surface area (Å²) < 4.78 is 0. The van der Waals surface area contributed by atoms with E-state index in [2.05, 4.69) is 232 Å². The maximum atomic E-state index is 2.62. The molecule has 0 saturated heterocycles. The highest BCUT2D eigenvalue weighted by atomic mass is 15.1. The molecule has 0 aromatic heterocycles. The molecule has 374 valence electrons. The van der Waals surface area contributed by atoms with Crippen molar-refractivity contribution < 1.29 is 0 Å². The van der Waals surface area contributed by atoms with Gasteiger partial charge in [-0.3, -0.25) is 0 Å².